The fraction of sp³-hybridized carbons (Fsp3) is 0.200. The van der Waals surface area contributed by atoms with Gasteiger partial charge in [-0.2, -0.15) is 0 Å². The van der Waals surface area contributed by atoms with E-state index in [1.807, 2.05) is 18.2 Å². The lowest BCUT2D eigenvalue weighted by Crippen LogP contribution is -2.24. The molecule has 0 saturated carbocycles. The molecule has 1 N–H and O–H groups in total. The zero-order valence-electron chi connectivity index (χ0n) is 7.55. The van der Waals surface area contributed by atoms with Crippen molar-refractivity contribution in [2.45, 2.75) is 12.8 Å². The first-order chi connectivity index (χ1) is 6.79. The number of aryl methyl sites for hydroxylation is 1. The zero-order chi connectivity index (χ0) is 9.97. The summed E-state index contributed by atoms with van der Waals surface area (Å²) in [6.45, 7) is 0. The summed E-state index contributed by atoms with van der Waals surface area (Å²) in [5.74, 6) is 0.522. The van der Waals surface area contributed by atoms with Gasteiger partial charge in [0, 0.05) is 12.4 Å². The van der Waals surface area contributed by atoms with Crippen molar-refractivity contribution in [3.05, 3.63) is 36.2 Å². The van der Waals surface area contributed by atoms with Crippen LogP contribution in [0.4, 0.5) is 10.6 Å². The van der Waals surface area contributed by atoms with E-state index in [0.717, 1.165) is 23.3 Å². The van der Waals surface area contributed by atoms with Crippen LogP contribution in [0.15, 0.2) is 30.6 Å². The van der Waals surface area contributed by atoms with E-state index < -0.39 is 6.09 Å². The minimum absolute atomic E-state index is 0.522. The van der Waals surface area contributed by atoms with Gasteiger partial charge in [0.15, 0.2) is 0 Å². The summed E-state index contributed by atoms with van der Waals surface area (Å²) >= 11 is 0. The van der Waals surface area contributed by atoms with Crippen LogP contribution >= 0.6 is 0 Å². The quantitative estimate of drug-likeness (QED) is 0.681. The van der Waals surface area contributed by atoms with Crippen molar-refractivity contribution in [2.75, 3.05) is 4.90 Å². The van der Waals surface area contributed by atoms with Crippen LogP contribution in [0, 0.1) is 0 Å². The summed E-state index contributed by atoms with van der Waals surface area (Å²) in [5, 5.41) is 8.94. The lowest BCUT2D eigenvalue weighted by molar-refractivity contribution is 0.204. The Balaban J connectivity index is 2.48. The van der Waals surface area contributed by atoms with Crippen LogP contribution in [0.3, 0.4) is 0 Å². The summed E-state index contributed by atoms with van der Waals surface area (Å²) in [4.78, 5) is 16.1. The van der Waals surface area contributed by atoms with E-state index in [4.69, 9.17) is 5.11 Å². The molecular weight excluding hydrogens is 180 g/mol. The molecule has 1 aliphatic heterocycles. The molecule has 2 rings (SSSR count). The highest BCUT2D eigenvalue weighted by Crippen LogP contribution is 2.22. The Kier molecular flexibility index (Phi) is 2.18. The van der Waals surface area contributed by atoms with Gasteiger partial charge in [0.1, 0.15) is 5.82 Å². The highest BCUT2D eigenvalue weighted by Gasteiger charge is 2.17. The van der Waals surface area contributed by atoms with Crippen LogP contribution in [0.1, 0.15) is 12.0 Å². The number of amides is 1. The molecule has 14 heavy (non-hydrogen) atoms. The number of aromatic nitrogens is 1. The Bertz CT molecular complexity index is 387. The third kappa shape index (κ3) is 1.46. The summed E-state index contributed by atoms with van der Waals surface area (Å²) in [6, 6.07) is 3.73. The van der Waals surface area contributed by atoms with Crippen molar-refractivity contribution in [1.82, 2.24) is 4.98 Å². The molecule has 0 atom stereocenters. The Morgan fingerprint density at radius 1 is 1.57 bits per heavy atom. The average Bonchev–Trinajstić information content (AvgIpc) is 2.39. The first kappa shape index (κ1) is 8.74. The molecule has 0 fully saturated rings. The Morgan fingerprint density at radius 2 is 2.43 bits per heavy atom. The second-order valence-corrected chi connectivity index (χ2v) is 3.06. The summed E-state index contributed by atoms with van der Waals surface area (Å²) in [6.07, 6.45) is 5.69. The van der Waals surface area contributed by atoms with Crippen LogP contribution in [-0.4, -0.2) is 16.2 Å². The molecule has 0 spiro atoms. The first-order valence-corrected chi connectivity index (χ1v) is 4.42. The van der Waals surface area contributed by atoms with Crippen molar-refractivity contribution < 1.29 is 9.90 Å². The van der Waals surface area contributed by atoms with E-state index in [9.17, 15) is 4.79 Å². The number of hydrogen-bond donors (Lipinski definition) is 1. The van der Waals surface area contributed by atoms with Crippen LogP contribution in [0.25, 0.3) is 0 Å². The fourth-order valence-electron chi connectivity index (χ4n) is 1.49. The second-order valence-electron chi connectivity index (χ2n) is 3.06. The van der Waals surface area contributed by atoms with Crippen LogP contribution < -0.4 is 4.90 Å². The van der Waals surface area contributed by atoms with E-state index in [1.165, 1.54) is 0 Å². The molecule has 72 valence electrons. The number of nitrogens with zero attached hydrogens (tertiary/aromatic N) is 2. The minimum Gasteiger partial charge on any atom is -0.464 e. The Morgan fingerprint density at radius 3 is 3.21 bits per heavy atom. The predicted molar refractivity (Wildman–Crippen MR) is 52.2 cm³/mol. The molecule has 0 bridgehead atoms. The maximum atomic E-state index is 10.9. The average molecular weight is 190 g/mol. The molecule has 0 radical (unpaired) electrons. The number of anilines is 1. The van der Waals surface area contributed by atoms with E-state index in [1.54, 1.807) is 12.4 Å². The molecule has 0 aromatic carbocycles. The summed E-state index contributed by atoms with van der Waals surface area (Å²) < 4.78 is 0. The Labute approximate surface area is 81.5 Å². The number of carboxylic acid groups (broad SMARTS) is 1. The van der Waals surface area contributed by atoms with Gasteiger partial charge in [0.2, 0.25) is 0 Å². The van der Waals surface area contributed by atoms with Gasteiger partial charge < -0.3 is 5.11 Å². The van der Waals surface area contributed by atoms with Crippen molar-refractivity contribution in [3.63, 3.8) is 0 Å². The summed E-state index contributed by atoms with van der Waals surface area (Å²) in [7, 11) is 0. The van der Waals surface area contributed by atoms with Crippen molar-refractivity contribution in [2.24, 2.45) is 0 Å². The molecule has 4 nitrogen and oxygen atoms in total. The van der Waals surface area contributed by atoms with Gasteiger partial charge in [0.05, 0.1) is 0 Å². The van der Waals surface area contributed by atoms with E-state index >= 15 is 0 Å². The second kappa shape index (κ2) is 3.49. The number of fused-ring (bicyclic) bond motifs is 1. The summed E-state index contributed by atoms with van der Waals surface area (Å²) in [5.41, 5.74) is 0.972. The molecule has 4 heteroatoms. The van der Waals surface area contributed by atoms with E-state index in [0.29, 0.717) is 5.82 Å². The van der Waals surface area contributed by atoms with Gasteiger partial charge in [-0.3, -0.25) is 0 Å². The smallest absolute Gasteiger partial charge is 0.417 e. The maximum absolute atomic E-state index is 10.9. The van der Waals surface area contributed by atoms with Gasteiger partial charge >= 0.3 is 6.09 Å². The molecule has 0 unspecified atom stereocenters. The number of pyridine rings is 1. The van der Waals surface area contributed by atoms with Crippen molar-refractivity contribution in [1.29, 1.82) is 0 Å². The lowest BCUT2D eigenvalue weighted by Gasteiger charge is -2.14. The third-order valence-corrected chi connectivity index (χ3v) is 2.14. The standard InChI is InChI=1S/C10H10N2O2/c13-10(14)12-7-2-1-4-8-5-3-6-11-9(8)12/h2-3,5-7H,1,4H2,(H,13,14). The van der Waals surface area contributed by atoms with Crippen molar-refractivity contribution >= 4 is 11.9 Å². The third-order valence-electron chi connectivity index (χ3n) is 2.14. The molecule has 1 aromatic rings. The van der Waals surface area contributed by atoms with Crippen LogP contribution in [0.5, 0.6) is 0 Å². The van der Waals surface area contributed by atoms with Crippen LogP contribution in [-0.2, 0) is 6.42 Å². The molecule has 0 saturated heterocycles. The van der Waals surface area contributed by atoms with Gasteiger partial charge in [-0.05, 0) is 24.5 Å². The van der Waals surface area contributed by atoms with E-state index in [-0.39, 0.29) is 0 Å². The number of carbonyl (C=O) groups is 1. The number of allylic oxidation sites excluding steroid dienone is 1. The van der Waals surface area contributed by atoms with E-state index in [2.05, 4.69) is 4.98 Å². The number of rotatable bonds is 0. The fourth-order valence-corrected chi connectivity index (χ4v) is 1.49. The molecular formula is C10H10N2O2. The van der Waals surface area contributed by atoms with Gasteiger partial charge in [0.25, 0.3) is 0 Å². The molecule has 1 amide bonds. The highest BCUT2D eigenvalue weighted by molar-refractivity contribution is 5.87. The zero-order valence-corrected chi connectivity index (χ0v) is 7.55. The maximum Gasteiger partial charge on any atom is 0.417 e. The monoisotopic (exact) mass is 190 g/mol. The first-order valence-electron chi connectivity index (χ1n) is 4.42. The normalized spacial score (nSPS) is 14.7. The molecule has 1 aliphatic rings. The van der Waals surface area contributed by atoms with Gasteiger partial charge in [-0.1, -0.05) is 12.1 Å². The Hall–Kier alpha value is -1.84. The molecule has 0 aliphatic carbocycles. The van der Waals surface area contributed by atoms with Gasteiger partial charge in [-0.15, -0.1) is 0 Å². The minimum atomic E-state index is -0.997. The molecule has 2 heterocycles. The van der Waals surface area contributed by atoms with Crippen molar-refractivity contribution in [3.8, 4) is 0 Å². The largest absolute Gasteiger partial charge is 0.464 e. The molecule has 1 aromatic heterocycles. The van der Waals surface area contributed by atoms with Gasteiger partial charge in [-0.25, -0.2) is 14.7 Å². The topological polar surface area (TPSA) is 53.4 Å². The lowest BCUT2D eigenvalue weighted by atomic mass is 10.1. The van der Waals surface area contributed by atoms with Crippen LogP contribution in [0.2, 0.25) is 0 Å². The predicted octanol–water partition coefficient (Wildman–Crippen LogP) is 2.03. The SMILES string of the molecule is O=C(O)N1C=CCCc2cccnc21. The highest BCUT2D eigenvalue weighted by atomic mass is 16.4. The number of hydrogen-bond acceptors (Lipinski definition) is 2.